The van der Waals surface area contributed by atoms with Gasteiger partial charge in [-0.2, -0.15) is 0 Å². The Morgan fingerprint density at radius 3 is 2.71 bits per heavy atom. The third-order valence-corrected chi connectivity index (χ3v) is 5.18. The topological polar surface area (TPSA) is 59.2 Å². The fourth-order valence-corrected chi connectivity index (χ4v) is 3.70. The minimum Gasteiger partial charge on any atom is -0.411 e. The van der Waals surface area contributed by atoms with Gasteiger partial charge in [-0.25, -0.2) is 0 Å². The van der Waals surface area contributed by atoms with Crippen LogP contribution in [0, 0.1) is 0 Å². The summed E-state index contributed by atoms with van der Waals surface area (Å²) < 4.78 is 5.67. The highest BCUT2D eigenvalue weighted by atomic mass is 35.5. The maximum Gasteiger partial charge on any atom is 0.277 e. The van der Waals surface area contributed by atoms with E-state index in [1.54, 1.807) is 12.1 Å². The SMILES string of the molecule is C[C@H](Sc1nnc(-c2cccc(Cl)c2)o1)C(=O)N1CCCCCC1. The van der Waals surface area contributed by atoms with E-state index in [0.717, 1.165) is 31.5 Å². The molecular formula is C17H20ClN3O2S. The molecule has 128 valence electrons. The molecule has 7 heteroatoms. The molecule has 1 fully saturated rings. The first kappa shape index (κ1) is 17.3. The van der Waals surface area contributed by atoms with Crippen LogP contribution in [0.5, 0.6) is 0 Å². The Balaban J connectivity index is 1.64. The highest BCUT2D eigenvalue weighted by Gasteiger charge is 2.24. The molecule has 1 aliphatic rings. The maximum atomic E-state index is 12.6. The zero-order valence-corrected chi connectivity index (χ0v) is 15.1. The van der Waals surface area contributed by atoms with Crippen molar-refractivity contribution in [1.29, 1.82) is 0 Å². The summed E-state index contributed by atoms with van der Waals surface area (Å²) in [5, 5.41) is 8.87. The highest BCUT2D eigenvalue weighted by molar-refractivity contribution is 8.00. The highest BCUT2D eigenvalue weighted by Crippen LogP contribution is 2.28. The van der Waals surface area contributed by atoms with Gasteiger partial charge in [0.15, 0.2) is 0 Å². The molecule has 2 heterocycles. The summed E-state index contributed by atoms with van der Waals surface area (Å²) in [5.41, 5.74) is 0.772. The van der Waals surface area contributed by atoms with E-state index in [0.29, 0.717) is 16.1 Å². The molecule has 2 aromatic rings. The molecule has 0 N–H and O–H groups in total. The van der Waals surface area contributed by atoms with Crippen LogP contribution < -0.4 is 0 Å². The van der Waals surface area contributed by atoms with Crippen molar-refractivity contribution >= 4 is 29.3 Å². The molecule has 0 spiro atoms. The second-order valence-corrected chi connectivity index (χ2v) is 7.61. The number of hydrogen-bond acceptors (Lipinski definition) is 5. The summed E-state index contributed by atoms with van der Waals surface area (Å²) in [7, 11) is 0. The van der Waals surface area contributed by atoms with E-state index in [9.17, 15) is 4.79 Å². The van der Waals surface area contributed by atoms with E-state index >= 15 is 0 Å². The second-order valence-electron chi connectivity index (χ2n) is 5.88. The van der Waals surface area contributed by atoms with Crippen LogP contribution in [0.3, 0.4) is 0 Å². The normalized spacial score (nSPS) is 16.7. The Kier molecular flexibility index (Phi) is 5.79. The predicted molar refractivity (Wildman–Crippen MR) is 95.1 cm³/mol. The Morgan fingerprint density at radius 1 is 1.25 bits per heavy atom. The average Bonchev–Trinajstić information content (AvgIpc) is 2.87. The number of amides is 1. The van der Waals surface area contributed by atoms with Crippen LogP contribution in [-0.4, -0.2) is 39.3 Å². The lowest BCUT2D eigenvalue weighted by Gasteiger charge is -2.23. The van der Waals surface area contributed by atoms with Crippen LogP contribution in [0.15, 0.2) is 33.9 Å². The molecule has 3 rings (SSSR count). The first-order valence-corrected chi connectivity index (χ1v) is 9.44. The number of likely N-dealkylation sites (tertiary alicyclic amines) is 1. The number of carbonyl (C=O) groups excluding carboxylic acids is 1. The number of carbonyl (C=O) groups is 1. The predicted octanol–water partition coefficient (Wildman–Crippen LogP) is 4.27. The van der Waals surface area contributed by atoms with Gasteiger partial charge in [-0.1, -0.05) is 42.3 Å². The summed E-state index contributed by atoms with van der Waals surface area (Å²) in [6, 6.07) is 7.26. The standard InChI is InChI=1S/C17H20ClN3O2S/c1-12(16(22)21-9-4-2-3-5-10-21)24-17-20-19-15(23-17)13-7-6-8-14(18)11-13/h6-8,11-12H,2-5,9-10H2,1H3/t12-/m0/s1. The lowest BCUT2D eigenvalue weighted by Crippen LogP contribution is -2.37. The summed E-state index contributed by atoms with van der Waals surface area (Å²) in [6.45, 7) is 3.59. The number of hydrogen-bond donors (Lipinski definition) is 0. The zero-order chi connectivity index (χ0) is 16.9. The van der Waals surface area contributed by atoms with Gasteiger partial charge in [0.2, 0.25) is 11.8 Å². The van der Waals surface area contributed by atoms with Crippen LogP contribution in [0.1, 0.15) is 32.6 Å². The fraction of sp³-hybridized carbons (Fsp3) is 0.471. The van der Waals surface area contributed by atoms with Crippen molar-refractivity contribution in [1.82, 2.24) is 15.1 Å². The molecular weight excluding hydrogens is 346 g/mol. The van der Waals surface area contributed by atoms with Crippen LogP contribution >= 0.6 is 23.4 Å². The van der Waals surface area contributed by atoms with Gasteiger partial charge >= 0.3 is 0 Å². The number of aromatic nitrogens is 2. The molecule has 1 amide bonds. The summed E-state index contributed by atoms with van der Waals surface area (Å²) in [5.74, 6) is 0.554. The van der Waals surface area contributed by atoms with E-state index < -0.39 is 0 Å². The summed E-state index contributed by atoms with van der Waals surface area (Å²) in [4.78, 5) is 14.5. The minimum atomic E-state index is -0.240. The molecule has 0 aliphatic carbocycles. The maximum absolute atomic E-state index is 12.6. The quantitative estimate of drug-likeness (QED) is 0.757. The Bertz CT molecular complexity index is 699. The van der Waals surface area contributed by atoms with Gasteiger partial charge in [-0.3, -0.25) is 4.79 Å². The fourth-order valence-electron chi connectivity index (χ4n) is 2.75. The van der Waals surface area contributed by atoms with E-state index in [1.807, 2.05) is 24.0 Å². The van der Waals surface area contributed by atoms with E-state index in [2.05, 4.69) is 10.2 Å². The molecule has 1 saturated heterocycles. The van der Waals surface area contributed by atoms with Gasteiger partial charge in [0.05, 0.1) is 5.25 Å². The zero-order valence-electron chi connectivity index (χ0n) is 13.6. The molecule has 0 unspecified atom stereocenters. The number of thioether (sulfide) groups is 1. The van der Waals surface area contributed by atoms with E-state index in [4.69, 9.17) is 16.0 Å². The third kappa shape index (κ3) is 4.30. The van der Waals surface area contributed by atoms with Crippen molar-refractivity contribution in [3.8, 4) is 11.5 Å². The summed E-state index contributed by atoms with van der Waals surface area (Å²) >= 11 is 7.29. The van der Waals surface area contributed by atoms with Crippen molar-refractivity contribution in [2.75, 3.05) is 13.1 Å². The number of rotatable bonds is 4. The van der Waals surface area contributed by atoms with Crippen molar-refractivity contribution in [3.05, 3.63) is 29.3 Å². The molecule has 1 aromatic carbocycles. The van der Waals surface area contributed by atoms with Gasteiger partial charge in [0, 0.05) is 23.7 Å². The van der Waals surface area contributed by atoms with Crippen molar-refractivity contribution < 1.29 is 9.21 Å². The first-order chi connectivity index (χ1) is 11.6. The first-order valence-electron chi connectivity index (χ1n) is 8.18. The lowest BCUT2D eigenvalue weighted by atomic mass is 10.2. The van der Waals surface area contributed by atoms with Crippen molar-refractivity contribution in [3.63, 3.8) is 0 Å². The lowest BCUT2D eigenvalue weighted by molar-refractivity contribution is -0.130. The Morgan fingerprint density at radius 2 is 2.00 bits per heavy atom. The van der Waals surface area contributed by atoms with Crippen LogP contribution in [-0.2, 0) is 4.79 Å². The van der Waals surface area contributed by atoms with Gasteiger partial charge in [-0.05, 0) is 38.0 Å². The van der Waals surface area contributed by atoms with E-state index in [-0.39, 0.29) is 11.2 Å². The molecule has 5 nitrogen and oxygen atoms in total. The van der Waals surface area contributed by atoms with E-state index in [1.165, 1.54) is 24.6 Å². The molecule has 1 aliphatic heterocycles. The smallest absolute Gasteiger partial charge is 0.277 e. The largest absolute Gasteiger partial charge is 0.411 e. The molecule has 1 atom stereocenters. The molecule has 0 saturated carbocycles. The van der Waals surface area contributed by atoms with Gasteiger partial charge in [0.25, 0.3) is 5.22 Å². The van der Waals surface area contributed by atoms with Crippen molar-refractivity contribution in [2.45, 2.75) is 43.1 Å². The molecule has 0 radical (unpaired) electrons. The van der Waals surface area contributed by atoms with Crippen LogP contribution in [0.4, 0.5) is 0 Å². The Labute approximate surface area is 150 Å². The number of benzene rings is 1. The van der Waals surface area contributed by atoms with Crippen LogP contribution in [0.25, 0.3) is 11.5 Å². The minimum absolute atomic E-state index is 0.143. The van der Waals surface area contributed by atoms with Gasteiger partial charge in [-0.15, -0.1) is 10.2 Å². The van der Waals surface area contributed by atoms with Gasteiger partial charge < -0.3 is 9.32 Å². The monoisotopic (exact) mass is 365 g/mol. The summed E-state index contributed by atoms with van der Waals surface area (Å²) in [6.07, 6.45) is 4.58. The molecule has 24 heavy (non-hydrogen) atoms. The number of nitrogens with zero attached hydrogens (tertiary/aromatic N) is 3. The van der Waals surface area contributed by atoms with Crippen LogP contribution in [0.2, 0.25) is 5.02 Å². The second kappa shape index (κ2) is 8.03. The molecule has 0 bridgehead atoms. The average molecular weight is 366 g/mol. The number of halogens is 1. The Hall–Kier alpha value is -1.53. The van der Waals surface area contributed by atoms with Crippen molar-refractivity contribution in [2.24, 2.45) is 0 Å². The molecule has 1 aromatic heterocycles. The van der Waals surface area contributed by atoms with Gasteiger partial charge in [0.1, 0.15) is 0 Å². The third-order valence-electron chi connectivity index (χ3n) is 4.02.